The monoisotopic (exact) mass is 300 g/mol. The van der Waals surface area contributed by atoms with Crippen molar-refractivity contribution in [3.63, 3.8) is 0 Å². The molecule has 22 heavy (non-hydrogen) atoms. The van der Waals surface area contributed by atoms with E-state index in [9.17, 15) is 14.9 Å². The van der Waals surface area contributed by atoms with Crippen LogP contribution in [-0.4, -0.2) is 11.9 Å². The number of ether oxygens (including phenoxy) is 1. The van der Waals surface area contributed by atoms with Gasteiger partial charge in [-0.3, -0.25) is 14.9 Å². The van der Waals surface area contributed by atoms with E-state index < -0.39 is 5.97 Å². The Hall–Kier alpha value is -2.81. The van der Waals surface area contributed by atoms with Gasteiger partial charge in [-0.1, -0.05) is 0 Å². The minimum absolute atomic E-state index is 0.107. The summed E-state index contributed by atoms with van der Waals surface area (Å²) in [6.07, 6.45) is 0. The van der Waals surface area contributed by atoms with E-state index in [0.29, 0.717) is 22.3 Å². The van der Waals surface area contributed by atoms with Gasteiger partial charge in [-0.15, -0.1) is 0 Å². The first-order valence-corrected chi connectivity index (χ1v) is 6.70. The summed E-state index contributed by atoms with van der Waals surface area (Å²) < 4.78 is 10.9. The number of nitriles is 1. The van der Waals surface area contributed by atoms with Gasteiger partial charge in [0, 0.05) is 24.8 Å². The molecule has 0 aliphatic rings. The number of nitrogens with one attached hydrogen (secondary N) is 1. The lowest BCUT2D eigenvalue weighted by Crippen LogP contribution is -2.06. The van der Waals surface area contributed by atoms with Crippen LogP contribution >= 0.6 is 0 Å². The summed E-state index contributed by atoms with van der Waals surface area (Å²) in [5, 5.41) is 12.5. The zero-order chi connectivity index (χ0) is 16.6. The second-order valence-corrected chi connectivity index (χ2v) is 5.10. The maximum Gasteiger partial charge on any atom is 0.308 e. The number of anilines is 1. The topological polar surface area (TPSA) is 92.3 Å². The molecule has 1 aromatic carbocycles. The molecule has 0 unspecified atom stereocenters. The molecular weight excluding hydrogens is 284 g/mol. The first-order chi connectivity index (χ1) is 10.3. The van der Waals surface area contributed by atoms with Crippen LogP contribution in [0.4, 0.5) is 5.88 Å². The summed E-state index contributed by atoms with van der Waals surface area (Å²) in [7, 11) is 0. The molecule has 2 aromatic rings. The van der Waals surface area contributed by atoms with E-state index in [2.05, 4.69) is 5.32 Å². The molecule has 6 heteroatoms. The summed E-state index contributed by atoms with van der Waals surface area (Å²) in [6.45, 7) is 8.03. The molecule has 0 aliphatic carbocycles. The molecule has 6 nitrogen and oxygen atoms in total. The number of aryl methyl sites for hydroxylation is 2. The summed E-state index contributed by atoms with van der Waals surface area (Å²) in [4.78, 5) is 22.6. The SMILES string of the molecule is CC(=O)Nc1oc2c(C)c(C)c(OC(C)=O)c(C)c2c1C#N. The predicted octanol–water partition coefficient (Wildman–Crippen LogP) is 3.11. The molecule has 114 valence electrons. The largest absolute Gasteiger partial charge is 0.439 e. The van der Waals surface area contributed by atoms with Crippen molar-refractivity contribution in [1.82, 2.24) is 0 Å². The molecule has 1 heterocycles. The Balaban J connectivity index is 2.87. The number of esters is 1. The molecular formula is C16H16N2O4. The van der Waals surface area contributed by atoms with Crippen LogP contribution in [0, 0.1) is 32.1 Å². The van der Waals surface area contributed by atoms with Crippen molar-refractivity contribution in [2.45, 2.75) is 34.6 Å². The van der Waals surface area contributed by atoms with Gasteiger partial charge in [0.25, 0.3) is 0 Å². The Labute approximate surface area is 127 Å². The van der Waals surface area contributed by atoms with Crippen molar-refractivity contribution in [3.05, 3.63) is 22.3 Å². The maximum absolute atomic E-state index is 11.3. The minimum Gasteiger partial charge on any atom is -0.439 e. The van der Waals surface area contributed by atoms with Crippen LogP contribution in [0.5, 0.6) is 5.75 Å². The van der Waals surface area contributed by atoms with Crippen LogP contribution in [0.2, 0.25) is 0 Å². The van der Waals surface area contributed by atoms with Crippen LogP contribution in [0.3, 0.4) is 0 Å². The van der Waals surface area contributed by atoms with Gasteiger partial charge in [0.1, 0.15) is 23.0 Å². The molecule has 1 aromatic heterocycles. The Morgan fingerprint density at radius 1 is 1.14 bits per heavy atom. The third-order valence-electron chi connectivity index (χ3n) is 3.51. The van der Waals surface area contributed by atoms with Crippen LogP contribution in [0.1, 0.15) is 36.1 Å². The van der Waals surface area contributed by atoms with Crippen molar-refractivity contribution < 1.29 is 18.7 Å². The van der Waals surface area contributed by atoms with Gasteiger partial charge >= 0.3 is 5.97 Å². The zero-order valence-corrected chi connectivity index (χ0v) is 13.1. The average molecular weight is 300 g/mol. The Morgan fingerprint density at radius 2 is 1.77 bits per heavy atom. The first kappa shape index (κ1) is 15.6. The second-order valence-electron chi connectivity index (χ2n) is 5.10. The quantitative estimate of drug-likeness (QED) is 0.679. The third-order valence-corrected chi connectivity index (χ3v) is 3.51. The number of benzene rings is 1. The van der Waals surface area contributed by atoms with Crippen molar-refractivity contribution >= 4 is 28.7 Å². The number of amides is 1. The molecule has 0 aliphatic heterocycles. The van der Waals surface area contributed by atoms with E-state index >= 15 is 0 Å². The van der Waals surface area contributed by atoms with Crippen molar-refractivity contribution in [3.8, 4) is 11.8 Å². The smallest absolute Gasteiger partial charge is 0.308 e. The van der Waals surface area contributed by atoms with Crippen LogP contribution in [-0.2, 0) is 9.59 Å². The van der Waals surface area contributed by atoms with Crippen molar-refractivity contribution in [2.75, 3.05) is 5.32 Å². The zero-order valence-electron chi connectivity index (χ0n) is 13.1. The first-order valence-electron chi connectivity index (χ1n) is 6.70. The van der Waals surface area contributed by atoms with Gasteiger partial charge in [0.05, 0.1) is 0 Å². The van der Waals surface area contributed by atoms with Gasteiger partial charge in [-0.25, -0.2) is 0 Å². The molecule has 0 bridgehead atoms. The van der Waals surface area contributed by atoms with Gasteiger partial charge < -0.3 is 9.15 Å². The number of carbonyl (C=O) groups is 2. The molecule has 0 spiro atoms. The van der Waals surface area contributed by atoms with E-state index in [1.54, 1.807) is 6.92 Å². The maximum atomic E-state index is 11.3. The fourth-order valence-electron chi connectivity index (χ4n) is 2.44. The number of carbonyl (C=O) groups excluding carboxylic acids is 2. The molecule has 2 rings (SSSR count). The molecule has 0 saturated carbocycles. The van der Waals surface area contributed by atoms with Gasteiger partial charge in [-0.2, -0.15) is 5.26 Å². The Bertz CT molecular complexity index is 840. The second kappa shape index (κ2) is 5.53. The fourth-order valence-corrected chi connectivity index (χ4v) is 2.44. The number of fused-ring (bicyclic) bond motifs is 1. The number of rotatable bonds is 2. The van der Waals surface area contributed by atoms with Crippen molar-refractivity contribution in [2.24, 2.45) is 0 Å². The molecule has 1 N–H and O–H groups in total. The van der Waals surface area contributed by atoms with E-state index in [0.717, 1.165) is 11.1 Å². The molecule has 0 fully saturated rings. The minimum atomic E-state index is -0.436. The van der Waals surface area contributed by atoms with E-state index in [4.69, 9.17) is 9.15 Å². The standard InChI is InChI=1S/C16H16N2O4/c1-7-8(2)15-13(9(3)14(7)21-11(5)20)12(6-17)16(22-15)18-10(4)19/h1-5H3,(H,18,19). The van der Waals surface area contributed by atoms with Gasteiger partial charge in [0.2, 0.25) is 11.8 Å². The predicted molar refractivity (Wildman–Crippen MR) is 80.8 cm³/mol. The number of hydrogen-bond acceptors (Lipinski definition) is 5. The van der Waals surface area contributed by atoms with Crippen LogP contribution in [0.25, 0.3) is 11.0 Å². The van der Waals surface area contributed by atoms with Crippen molar-refractivity contribution in [1.29, 1.82) is 5.26 Å². The molecule has 0 radical (unpaired) electrons. The van der Waals surface area contributed by atoms with Gasteiger partial charge in [-0.05, 0) is 31.9 Å². The highest BCUT2D eigenvalue weighted by Crippen LogP contribution is 2.40. The molecule has 1 amide bonds. The highest BCUT2D eigenvalue weighted by molar-refractivity contribution is 6.00. The number of nitrogens with zero attached hydrogens (tertiary/aromatic N) is 1. The summed E-state index contributed by atoms with van der Waals surface area (Å²) in [5.41, 5.74) is 2.87. The van der Waals surface area contributed by atoms with E-state index in [1.807, 2.05) is 19.9 Å². The summed E-state index contributed by atoms with van der Waals surface area (Å²) in [5.74, 6) is -0.239. The summed E-state index contributed by atoms with van der Waals surface area (Å²) >= 11 is 0. The van der Waals surface area contributed by atoms with Gasteiger partial charge in [0.15, 0.2) is 0 Å². The lowest BCUT2D eigenvalue weighted by atomic mass is 9.98. The summed E-state index contributed by atoms with van der Waals surface area (Å²) in [6, 6.07) is 2.04. The molecule has 0 atom stereocenters. The van der Waals surface area contributed by atoms with Crippen LogP contribution < -0.4 is 10.1 Å². The fraction of sp³-hybridized carbons (Fsp3) is 0.312. The lowest BCUT2D eigenvalue weighted by Gasteiger charge is -2.12. The number of furan rings is 1. The Kier molecular flexibility index (Phi) is 3.91. The third kappa shape index (κ3) is 2.42. The Morgan fingerprint density at radius 3 is 2.27 bits per heavy atom. The van der Waals surface area contributed by atoms with E-state index in [1.165, 1.54) is 13.8 Å². The normalized spacial score (nSPS) is 10.4. The lowest BCUT2D eigenvalue weighted by molar-refractivity contribution is -0.132. The highest BCUT2D eigenvalue weighted by Gasteiger charge is 2.24. The van der Waals surface area contributed by atoms with Crippen LogP contribution in [0.15, 0.2) is 4.42 Å². The number of hydrogen-bond donors (Lipinski definition) is 1. The highest BCUT2D eigenvalue weighted by atomic mass is 16.5. The molecule has 0 saturated heterocycles. The van der Waals surface area contributed by atoms with E-state index in [-0.39, 0.29) is 17.4 Å². The average Bonchev–Trinajstić information content (AvgIpc) is 2.78.